The fourth-order valence-corrected chi connectivity index (χ4v) is 2.15. The van der Waals surface area contributed by atoms with Crippen LogP contribution in [0.3, 0.4) is 0 Å². The molecule has 4 amide bonds. The summed E-state index contributed by atoms with van der Waals surface area (Å²) in [5.74, 6) is -1.44. The van der Waals surface area contributed by atoms with E-state index in [1.807, 2.05) is 0 Å². The van der Waals surface area contributed by atoms with Gasteiger partial charge in [0.25, 0.3) is 5.91 Å². The minimum absolute atomic E-state index is 0.0345. The average Bonchev–Trinajstić information content (AvgIpc) is 2.75. The molecule has 9 heteroatoms. The number of hydrogen-bond donors (Lipinski definition) is 4. The second kappa shape index (κ2) is 5.98. The van der Waals surface area contributed by atoms with Crippen LogP contribution in [-0.2, 0) is 9.59 Å². The number of urea groups is 1. The lowest BCUT2D eigenvalue weighted by atomic mass is 10.2. The molecule has 2 atom stereocenters. The van der Waals surface area contributed by atoms with Gasteiger partial charge in [0, 0.05) is 31.0 Å². The predicted molar refractivity (Wildman–Crippen MR) is 76.3 cm³/mol. The van der Waals surface area contributed by atoms with Crippen LogP contribution in [-0.4, -0.2) is 51.1 Å². The van der Waals surface area contributed by atoms with E-state index < -0.39 is 29.6 Å². The third-order valence-corrected chi connectivity index (χ3v) is 3.47. The van der Waals surface area contributed by atoms with Crippen molar-refractivity contribution in [3.05, 3.63) is 24.5 Å². The zero-order valence-electron chi connectivity index (χ0n) is 11.9. The Labute approximate surface area is 126 Å². The van der Waals surface area contributed by atoms with Crippen molar-refractivity contribution < 1.29 is 19.5 Å². The maximum absolute atomic E-state index is 12.2. The topological polar surface area (TPSA) is 138 Å². The normalized spacial score (nSPS) is 22.3. The molecule has 2 heterocycles. The molecule has 1 aliphatic rings. The summed E-state index contributed by atoms with van der Waals surface area (Å²) in [5.41, 5.74) is 3.56. The Morgan fingerprint density at radius 1 is 1.45 bits per heavy atom. The first-order chi connectivity index (χ1) is 10.3. The van der Waals surface area contributed by atoms with E-state index in [9.17, 15) is 19.5 Å². The van der Waals surface area contributed by atoms with Gasteiger partial charge in [0.2, 0.25) is 11.6 Å². The van der Waals surface area contributed by atoms with Gasteiger partial charge >= 0.3 is 6.03 Å². The highest BCUT2D eigenvalue weighted by atomic mass is 16.3. The molecule has 1 aliphatic heterocycles. The van der Waals surface area contributed by atoms with Crippen LogP contribution in [0, 0.1) is 0 Å². The van der Waals surface area contributed by atoms with Gasteiger partial charge in [0.05, 0.1) is 0 Å². The van der Waals surface area contributed by atoms with Crippen LogP contribution in [0.4, 0.5) is 10.5 Å². The van der Waals surface area contributed by atoms with Gasteiger partial charge in [-0.05, 0) is 19.1 Å². The first-order valence-electron chi connectivity index (χ1n) is 6.65. The van der Waals surface area contributed by atoms with Crippen LogP contribution in [0.15, 0.2) is 24.5 Å². The molecular weight excluding hydrogens is 290 g/mol. The molecule has 0 aliphatic carbocycles. The first kappa shape index (κ1) is 15.7. The van der Waals surface area contributed by atoms with Gasteiger partial charge in [0.1, 0.15) is 6.04 Å². The van der Waals surface area contributed by atoms with E-state index in [0.717, 1.165) is 4.90 Å². The van der Waals surface area contributed by atoms with Gasteiger partial charge in [-0.3, -0.25) is 14.6 Å². The van der Waals surface area contributed by atoms with Crippen LogP contribution in [0.2, 0.25) is 0 Å². The Kier molecular flexibility index (Phi) is 4.27. The Morgan fingerprint density at radius 2 is 2.09 bits per heavy atom. The number of likely N-dealkylation sites (tertiary alicyclic amines) is 1. The lowest BCUT2D eigenvalue weighted by Gasteiger charge is -2.25. The summed E-state index contributed by atoms with van der Waals surface area (Å²) in [5, 5.41) is 15.0. The molecular formula is C13H17N5O4. The predicted octanol–water partition coefficient (Wildman–Crippen LogP) is -1.00. The van der Waals surface area contributed by atoms with Crippen molar-refractivity contribution >= 4 is 23.5 Å². The number of nitrogens with two attached hydrogens (primary N) is 1. The van der Waals surface area contributed by atoms with E-state index in [1.165, 1.54) is 19.3 Å². The second-order valence-electron chi connectivity index (χ2n) is 5.00. The number of carbonyl (C=O) groups is 3. The fourth-order valence-electron chi connectivity index (χ4n) is 2.15. The third kappa shape index (κ3) is 3.14. The molecule has 0 aromatic carbocycles. The summed E-state index contributed by atoms with van der Waals surface area (Å²) >= 11 is 0. The smallest absolute Gasteiger partial charge is 0.321 e. The highest BCUT2D eigenvalue weighted by Gasteiger charge is 2.48. The molecule has 2 rings (SSSR count). The molecule has 118 valence electrons. The molecule has 0 bridgehead atoms. The summed E-state index contributed by atoms with van der Waals surface area (Å²) in [4.78, 5) is 40.1. The van der Waals surface area contributed by atoms with Gasteiger partial charge in [-0.25, -0.2) is 4.79 Å². The van der Waals surface area contributed by atoms with E-state index in [2.05, 4.69) is 15.6 Å². The zero-order chi connectivity index (χ0) is 16.3. The highest BCUT2D eigenvalue weighted by molar-refractivity contribution is 5.97. The summed E-state index contributed by atoms with van der Waals surface area (Å²) in [6.45, 7) is 1.58. The van der Waals surface area contributed by atoms with E-state index in [1.54, 1.807) is 12.1 Å². The molecule has 1 saturated heterocycles. The molecule has 0 spiro atoms. The van der Waals surface area contributed by atoms with Crippen molar-refractivity contribution in [3.8, 4) is 0 Å². The highest BCUT2D eigenvalue weighted by Crippen LogP contribution is 2.22. The summed E-state index contributed by atoms with van der Waals surface area (Å²) in [6, 6.07) is 1.52. The summed E-state index contributed by atoms with van der Waals surface area (Å²) < 4.78 is 0. The quantitative estimate of drug-likeness (QED) is 0.528. The van der Waals surface area contributed by atoms with Gasteiger partial charge in [0.15, 0.2) is 0 Å². The molecule has 9 nitrogen and oxygen atoms in total. The van der Waals surface area contributed by atoms with E-state index in [0.29, 0.717) is 5.69 Å². The molecule has 5 N–H and O–H groups in total. The number of nitrogens with zero attached hydrogens (tertiary/aromatic N) is 2. The first-order valence-corrected chi connectivity index (χ1v) is 6.65. The molecule has 22 heavy (non-hydrogen) atoms. The molecule has 0 radical (unpaired) electrons. The Bertz CT molecular complexity index is 593. The SMILES string of the molecule is CC(C(N)=O)N1CCC(O)(NC(=O)Nc2ccncc2)C1=O. The van der Waals surface area contributed by atoms with E-state index >= 15 is 0 Å². The van der Waals surface area contributed by atoms with Gasteiger partial charge in [-0.1, -0.05) is 0 Å². The third-order valence-electron chi connectivity index (χ3n) is 3.47. The fraction of sp³-hybridized carbons (Fsp3) is 0.385. The maximum Gasteiger partial charge on any atom is 0.321 e. The van der Waals surface area contributed by atoms with Crippen LogP contribution < -0.4 is 16.4 Å². The van der Waals surface area contributed by atoms with E-state index in [-0.39, 0.29) is 13.0 Å². The largest absolute Gasteiger partial charge is 0.368 e. The van der Waals surface area contributed by atoms with Crippen LogP contribution >= 0.6 is 0 Å². The van der Waals surface area contributed by atoms with Crippen molar-refractivity contribution in [2.75, 3.05) is 11.9 Å². The molecule has 0 saturated carbocycles. The average molecular weight is 307 g/mol. The number of aliphatic hydroxyl groups is 1. The van der Waals surface area contributed by atoms with Crippen molar-refractivity contribution in [2.24, 2.45) is 5.73 Å². The number of carbonyl (C=O) groups excluding carboxylic acids is 3. The van der Waals surface area contributed by atoms with Gasteiger partial charge < -0.3 is 26.4 Å². The Morgan fingerprint density at radius 3 is 2.68 bits per heavy atom. The minimum Gasteiger partial charge on any atom is -0.368 e. The van der Waals surface area contributed by atoms with E-state index in [4.69, 9.17) is 5.73 Å². The van der Waals surface area contributed by atoms with Crippen molar-refractivity contribution in [3.63, 3.8) is 0 Å². The summed E-state index contributed by atoms with van der Waals surface area (Å²) in [6.07, 6.45) is 2.94. The number of hydrogen-bond acceptors (Lipinski definition) is 5. The Balaban J connectivity index is 2.01. The van der Waals surface area contributed by atoms with Gasteiger partial charge in [-0.2, -0.15) is 0 Å². The van der Waals surface area contributed by atoms with Crippen molar-refractivity contribution in [2.45, 2.75) is 25.1 Å². The van der Waals surface area contributed by atoms with Crippen LogP contribution in [0.1, 0.15) is 13.3 Å². The minimum atomic E-state index is -2.05. The number of pyridine rings is 1. The lowest BCUT2D eigenvalue weighted by molar-refractivity contribution is -0.148. The van der Waals surface area contributed by atoms with Crippen LogP contribution in [0.25, 0.3) is 0 Å². The lowest BCUT2D eigenvalue weighted by Crippen LogP contribution is -2.57. The number of nitrogens with one attached hydrogen (secondary N) is 2. The van der Waals surface area contributed by atoms with Gasteiger partial charge in [-0.15, -0.1) is 0 Å². The van der Waals surface area contributed by atoms with Crippen LogP contribution in [0.5, 0.6) is 0 Å². The number of aromatic nitrogens is 1. The van der Waals surface area contributed by atoms with Crippen molar-refractivity contribution in [1.82, 2.24) is 15.2 Å². The summed E-state index contributed by atoms with van der Waals surface area (Å²) in [7, 11) is 0. The maximum atomic E-state index is 12.2. The molecule has 1 fully saturated rings. The zero-order valence-corrected chi connectivity index (χ0v) is 11.9. The number of amides is 4. The standard InChI is InChI=1S/C13H17N5O4/c1-8(10(14)19)18-7-4-13(22,11(18)20)17-12(21)16-9-2-5-15-6-3-9/h2-3,5-6,8,22H,4,7H2,1H3,(H2,14,19)(H2,15,16,17,21). The number of rotatable bonds is 4. The number of primary amides is 1. The van der Waals surface area contributed by atoms with Crippen molar-refractivity contribution in [1.29, 1.82) is 0 Å². The molecule has 2 unspecified atom stereocenters. The monoisotopic (exact) mass is 307 g/mol. The molecule has 1 aromatic heterocycles. The number of anilines is 1. The Hall–Kier alpha value is -2.68. The second-order valence-corrected chi connectivity index (χ2v) is 5.00. The molecule has 1 aromatic rings.